The first-order chi connectivity index (χ1) is 11.5. The van der Waals surface area contributed by atoms with E-state index in [0.29, 0.717) is 31.5 Å². The smallest absolute Gasteiger partial charge is 0.410 e. The van der Waals surface area contributed by atoms with Gasteiger partial charge in [0.2, 0.25) is 0 Å². The molecule has 6 nitrogen and oxygen atoms in total. The molecule has 7 heteroatoms. The first kappa shape index (κ1) is 19.4. The van der Waals surface area contributed by atoms with E-state index >= 15 is 0 Å². The summed E-state index contributed by atoms with van der Waals surface area (Å²) in [5, 5.41) is 0. The number of ether oxygens (including phenoxy) is 1. The van der Waals surface area contributed by atoms with Gasteiger partial charge in [-0.25, -0.2) is 13.2 Å². The van der Waals surface area contributed by atoms with E-state index in [2.05, 4.69) is 0 Å². The number of nitrogens with zero attached hydrogens (tertiary/aromatic N) is 1. The monoisotopic (exact) mass is 367 g/mol. The fraction of sp³-hybridized carbons (Fsp3) is 0.556. The van der Waals surface area contributed by atoms with Gasteiger partial charge in [-0.3, -0.25) is 4.79 Å². The molecule has 0 atom stereocenters. The topological polar surface area (TPSA) is 80.8 Å². The van der Waals surface area contributed by atoms with E-state index in [0.717, 1.165) is 6.26 Å². The number of hydrogen-bond acceptors (Lipinski definition) is 5. The number of likely N-dealkylation sites (tertiary alicyclic amines) is 1. The molecule has 0 N–H and O–H groups in total. The zero-order valence-electron chi connectivity index (χ0n) is 15.1. The van der Waals surface area contributed by atoms with Crippen LogP contribution in [0.4, 0.5) is 4.79 Å². The molecule has 0 aromatic heterocycles. The van der Waals surface area contributed by atoms with Gasteiger partial charge in [-0.15, -0.1) is 0 Å². The Morgan fingerprint density at radius 1 is 1.08 bits per heavy atom. The van der Waals surface area contributed by atoms with Crippen LogP contribution in [0.2, 0.25) is 0 Å². The molecule has 1 fully saturated rings. The zero-order valence-corrected chi connectivity index (χ0v) is 15.9. The molecule has 0 radical (unpaired) electrons. The summed E-state index contributed by atoms with van der Waals surface area (Å²) < 4.78 is 28.3. The van der Waals surface area contributed by atoms with Gasteiger partial charge >= 0.3 is 6.09 Å². The van der Waals surface area contributed by atoms with Crippen LogP contribution in [0.3, 0.4) is 0 Å². The van der Waals surface area contributed by atoms with Crippen molar-refractivity contribution in [3.05, 3.63) is 29.8 Å². The van der Waals surface area contributed by atoms with E-state index in [4.69, 9.17) is 4.74 Å². The van der Waals surface area contributed by atoms with E-state index in [1.165, 1.54) is 12.1 Å². The van der Waals surface area contributed by atoms with Crippen molar-refractivity contribution in [1.29, 1.82) is 0 Å². The van der Waals surface area contributed by atoms with E-state index in [-0.39, 0.29) is 22.7 Å². The quantitative estimate of drug-likeness (QED) is 0.767. The lowest BCUT2D eigenvalue weighted by atomic mass is 9.89. The molecule has 1 amide bonds. The van der Waals surface area contributed by atoms with E-state index in [1.54, 1.807) is 17.0 Å². The van der Waals surface area contributed by atoms with Gasteiger partial charge in [0.05, 0.1) is 4.90 Å². The number of ketones is 1. The largest absolute Gasteiger partial charge is 0.444 e. The summed E-state index contributed by atoms with van der Waals surface area (Å²) >= 11 is 0. The zero-order chi connectivity index (χ0) is 18.8. The Bertz CT molecular complexity index is 739. The summed E-state index contributed by atoms with van der Waals surface area (Å²) in [4.78, 5) is 26.5. The number of benzene rings is 1. The SMILES string of the molecule is CC(C)(C)OC(=O)N1CCC(C(=O)c2ccc(S(C)(=O)=O)cc2)CC1. The van der Waals surface area contributed by atoms with Crippen LogP contribution in [-0.2, 0) is 14.6 Å². The Labute approximate surface area is 149 Å². The molecule has 2 rings (SSSR count). The number of amides is 1. The fourth-order valence-electron chi connectivity index (χ4n) is 2.75. The highest BCUT2D eigenvalue weighted by atomic mass is 32.2. The summed E-state index contributed by atoms with van der Waals surface area (Å²) in [5.74, 6) is -0.174. The normalized spacial score (nSPS) is 16.6. The highest BCUT2D eigenvalue weighted by Gasteiger charge is 2.30. The van der Waals surface area contributed by atoms with E-state index < -0.39 is 15.4 Å². The van der Waals surface area contributed by atoms with Crippen LogP contribution in [0.5, 0.6) is 0 Å². The second kappa shape index (κ2) is 7.15. The third kappa shape index (κ3) is 5.29. The standard InChI is InChI=1S/C18H25NO5S/c1-18(2,3)24-17(21)19-11-9-14(10-12-19)16(20)13-5-7-15(8-6-13)25(4,22)23/h5-8,14H,9-12H2,1-4H3. The molecule has 0 unspecified atom stereocenters. The summed E-state index contributed by atoms with van der Waals surface area (Å²) in [6, 6.07) is 6.02. The van der Waals surface area contributed by atoms with Crippen molar-refractivity contribution >= 4 is 21.7 Å². The van der Waals surface area contributed by atoms with Crippen LogP contribution in [0, 0.1) is 5.92 Å². The summed E-state index contributed by atoms with van der Waals surface area (Å²) in [7, 11) is -3.27. The van der Waals surface area contributed by atoms with E-state index in [1.807, 2.05) is 20.8 Å². The Hall–Kier alpha value is -1.89. The average Bonchev–Trinajstić information content (AvgIpc) is 2.52. The Kier molecular flexibility index (Phi) is 5.56. The Balaban J connectivity index is 1.96. The van der Waals surface area contributed by atoms with Crippen LogP contribution in [0.1, 0.15) is 44.0 Å². The number of sulfone groups is 1. The van der Waals surface area contributed by atoms with Gasteiger partial charge in [-0.1, -0.05) is 12.1 Å². The summed E-state index contributed by atoms with van der Waals surface area (Å²) in [6.45, 7) is 6.42. The van der Waals surface area contributed by atoms with E-state index in [9.17, 15) is 18.0 Å². The molecule has 0 spiro atoms. The van der Waals surface area contributed by atoms with Gasteiger partial charge in [-0.2, -0.15) is 0 Å². The maximum atomic E-state index is 12.6. The lowest BCUT2D eigenvalue weighted by molar-refractivity contribution is 0.0182. The minimum Gasteiger partial charge on any atom is -0.444 e. The van der Waals surface area contributed by atoms with Crippen LogP contribution in [-0.4, -0.2) is 50.1 Å². The fourth-order valence-corrected chi connectivity index (χ4v) is 3.38. The Morgan fingerprint density at radius 3 is 2.04 bits per heavy atom. The summed E-state index contributed by atoms with van der Waals surface area (Å²) in [6.07, 6.45) is 1.93. The van der Waals surface area contributed by atoms with Gasteiger partial charge in [0.15, 0.2) is 15.6 Å². The highest BCUT2D eigenvalue weighted by Crippen LogP contribution is 2.24. The third-order valence-electron chi connectivity index (χ3n) is 4.08. The van der Waals surface area contributed by atoms with Crippen molar-refractivity contribution in [3.8, 4) is 0 Å². The highest BCUT2D eigenvalue weighted by molar-refractivity contribution is 7.90. The van der Waals surface area contributed by atoms with Crippen molar-refractivity contribution < 1.29 is 22.7 Å². The predicted octanol–water partition coefficient (Wildman–Crippen LogP) is 2.92. The minimum atomic E-state index is -3.27. The first-order valence-electron chi connectivity index (χ1n) is 8.29. The van der Waals surface area contributed by atoms with Gasteiger partial charge in [-0.05, 0) is 45.7 Å². The molecule has 0 bridgehead atoms. The van der Waals surface area contributed by atoms with Crippen molar-refractivity contribution in [3.63, 3.8) is 0 Å². The van der Waals surface area contributed by atoms with Gasteiger partial charge in [0.1, 0.15) is 5.60 Å². The number of Topliss-reactive ketones (excluding diaryl/α,β-unsaturated/α-hetero) is 1. The minimum absolute atomic E-state index is 0.0103. The van der Waals surface area contributed by atoms with Crippen molar-refractivity contribution in [2.75, 3.05) is 19.3 Å². The molecule has 25 heavy (non-hydrogen) atoms. The molecular formula is C18H25NO5S. The van der Waals surface area contributed by atoms with Crippen molar-refractivity contribution in [2.45, 2.75) is 44.1 Å². The molecule has 0 saturated carbocycles. The first-order valence-corrected chi connectivity index (χ1v) is 10.2. The molecule has 1 aromatic carbocycles. The third-order valence-corrected chi connectivity index (χ3v) is 5.21. The number of carbonyl (C=O) groups excluding carboxylic acids is 2. The number of hydrogen-bond donors (Lipinski definition) is 0. The Morgan fingerprint density at radius 2 is 1.60 bits per heavy atom. The number of carbonyl (C=O) groups is 2. The lowest BCUT2D eigenvalue weighted by Gasteiger charge is -2.33. The maximum Gasteiger partial charge on any atom is 0.410 e. The van der Waals surface area contributed by atoms with Gasteiger partial charge in [0, 0.05) is 30.8 Å². The lowest BCUT2D eigenvalue weighted by Crippen LogP contribution is -2.43. The second-order valence-electron chi connectivity index (χ2n) is 7.40. The average molecular weight is 367 g/mol. The van der Waals surface area contributed by atoms with Crippen LogP contribution >= 0.6 is 0 Å². The maximum absolute atomic E-state index is 12.6. The van der Waals surface area contributed by atoms with Crippen LogP contribution < -0.4 is 0 Å². The molecular weight excluding hydrogens is 342 g/mol. The molecule has 1 aromatic rings. The molecule has 1 aliphatic heterocycles. The molecule has 138 valence electrons. The number of rotatable bonds is 3. The molecule has 1 saturated heterocycles. The molecule has 0 aliphatic carbocycles. The van der Waals surface area contributed by atoms with Crippen molar-refractivity contribution in [2.24, 2.45) is 5.92 Å². The van der Waals surface area contributed by atoms with Crippen LogP contribution in [0.15, 0.2) is 29.2 Å². The van der Waals surface area contributed by atoms with Gasteiger partial charge in [0.25, 0.3) is 0 Å². The van der Waals surface area contributed by atoms with Gasteiger partial charge < -0.3 is 9.64 Å². The van der Waals surface area contributed by atoms with Crippen LogP contribution in [0.25, 0.3) is 0 Å². The summed E-state index contributed by atoms with van der Waals surface area (Å²) in [5.41, 5.74) is -0.0337. The predicted molar refractivity (Wildman–Crippen MR) is 94.4 cm³/mol. The molecule has 1 heterocycles. The second-order valence-corrected chi connectivity index (χ2v) is 9.42. The molecule has 1 aliphatic rings. The number of piperidine rings is 1. The van der Waals surface area contributed by atoms with Crippen molar-refractivity contribution in [1.82, 2.24) is 4.90 Å².